The number of hydrogen-bond acceptors (Lipinski definition) is 4. The minimum Gasteiger partial charge on any atom is -0.364 e. The van der Waals surface area contributed by atoms with Gasteiger partial charge in [0.15, 0.2) is 0 Å². The highest BCUT2D eigenvalue weighted by molar-refractivity contribution is 7.18. The number of rotatable bonds is 2. The summed E-state index contributed by atoms with van der Waals surface area (Å²) in [6, 6.07) is 0. The van der Waals surface area contributed by atoms with Gasteiger partial charge in [0.25, 0.3) is 5.56 Å². The molecule has 4 nitrogen and oxygen atoms in total. The molecule has 2 aromatic heterocycles. The summed E-state index contributed by atoms with van der Waals surface area (Å²) in [6.45, 7) is 2.53. The van der Waals surface area contributed by atoms with Crippen molar-refractivity contribution in [1.29, 1.82) is 0 Å². The van der Waals surface area contributed by atoms with E-state index in [1.54, 1.807) is 24.8 Å². The fourth-order valence-corrected chi connectivity index (χ4v) is 3.94. The number of hydrogen-bond donors (Lipinski definition) is 0. The van der Waals surface area contributed by atoms with Crippen molar-refractivity contribution in [2.75, 3.05) is 7.11 Å². The summed E-state index contributed by atoms with van der Waals surface area (Å²) in [5.74, 6) is 0.715. The van der Waals surface area contributed by atoms with Crippen molar-refractivity contribution in [1.82, 2.24) is 9.55 Å². The van der Waals surface area contributed by atoms with Crippen LogP contribution in [-0.2, 0) is 24.3 Å². The highest BCUT2D eigenvalue weighted by Crippen LogP contribution is 2.35. The molecule has 3 rings (SSSR count). The smallest absolute Gasteiger partial charge is 0.264 e. The molecule has 0 saturated carbocycles. The zero-order valence-corrected chi connectivity index (χ0v) is 11.4. The molecule has 0 unspecified atom stereocenters. The van der Waals surface area contributed by atoms with Gasteiger partial charge in [-0.1, -0.05) is 6.92 Å². The van der Waals surface area contributed by atoms with Crippen LogP contribution in [0.3, 0.4) is 0 Å². The number of aryl methyl sites for hydroxylation is 1. The molecule has 2 aromatic rings. The molecule has 0 spiro atoms. The molecule has 0 N–H and O–H groups in total. The van der Waals surface area contributed by atoms with Crippen LogP contribution in [0.2, 0.25) is 0 Å². The average molecular weight is 264 g/mol. The second-order valence-electron chi connectivity index (χ2n) is 4.97. The van der Waals surface area contributed by atoms with E-state index in [2.05, 4.69) is 11.9 Å². The average Bonchev–Trinajstić information content (AvgIpc) is 2.71. The van der Waals surface area contributed by atoms with Gasteiger partial charge < -0.3 is 4.74 Å². The Morgan fingerprint density at radius 1 is 1.61 bits per heavy atom. The number of aromatic nitrogens is 2. The summed E-state index contributed by atoms with van der Waals surface area (Å²) in [4.78, 5) is 19.0. The number of ether oxygens (including phenoxy) is 1. The summed E-state index contributed by atoms with van der Waals surface area (Å²) in [6.07, 6.45) is 4.83. The molecule has 5 heteroatoms. The lowest BCUT2D eigenvalue weighted by atomic mass is 9.89. The van der Waals surface area contributed by atoms with Crippen LogP contribution in [0.1, 0.15) is 23.8 Å². The van der Waals surface area contributed by atoms with Gasteiger partial charge in [-0.3, -0.25) is 9.36 Å². The third kappa shape index (κ3) is 1.78. The maximum absolute atomic E-state index is 12.4. The zero-order valence-electron chi connectivity index (χ0n) is 10.6. The minimum absolute atomic E-state index is 0.0360. The van der Waals surface area contributed by atoms with Gasteiger partial charge in [-0.25, -0.2) is 4.98 Å². The molecule has 1 atom stereocenters. The van der Waals surface area contributed by atoms with E-state index in [1.807, 2.05) is 0 Å². The third-order valence-corrected chi connectivity index (χ3v) is 4.71. The van der Waals surface area contributed by atoms with Crippen LogP contribution in [0, 0.1) is 5.92 Å². The van der Waals surface area contributed by atoms with E-state index in [-0.39, 0.29) is 12.3 Å². The van der Waals surface area contributed by atoms with Gasteiger partial charge in [0, 0.05) is 12.0 Å². The molecule has 18 heavy (non-hydrogen) atoms. The first kappa shape index (κ1) is 11.9. The Labute approximate surface area is 109 Å². The van der Waals surface area contributed by atoms with Crippen molar-refractivity contribution >= 4 is 21.6 Å². The molecule has 0 saturated heterocycles. The van der Waals surface area contributed by atoms with E-state index in [0.29, 0.717) is 5.92 Å². The standard InChI is InChI=1S/C13H16N2O2S/c1-8-3-4-9-10(5-8)18-12-11(9)13(16)15(6-14-12)7-17-2/h6,8H,3-5,7H2,1-2H3/t8-/m1/s1. The van der Waals surface area contributed by atoms with Gasteiger partial charge in [0.1, 0.15) is 17.9 Å². The number of thiophene rings is 1. The Bertz CT molecular complexity index is 644. The van der Waals surface area contributed by atoms with Crippen LogP contribution >= 0.6 is 11.3 Å². The second-order valence-corrected chi connectivity index (χ2v) is 6.05. The Balaban J connectivity index is 2.22. The fraction of sp³-hybridized carbons (Fsp3) is 0.538. The van der Waals surface area contributed by atoms with E-state index in [4.69, 9.17) is 4.74 Å². The van der Waals surface area contributed by atoms with Crippen LogP contribution in [0.4, 0.5) is 0 Å². The molecular formula is C13H16N2O2S. The van der Waals surface area contributed by atoms with Crippen molar-refractivity contribution in [2.24, 2.45) is 5.92 Å². The minimum atomic E-state index is 0.0360. The van der Waals surface area contributed by atoms with Crippen LogP contribution in [-0.4, -0.2) is 16.7 Å². The van der Waals surface area contributed by atoms with Crippen LogP contribution in [0.15, 0.2) is 11.1 Å². The van der Waals surface area contributed by atoms with Crippen molar-refractivity contribution in [3.63, 3.8) is 0 Å². The first-order chi connectivity index (χ1) is 8.70. The summed E-state index contributed by atoms with van der Waals surface area (Å²) >= 11 is 1.68. The number of methoxy groups -OCH3 is 1. The highest BCUT2D eigenvalue weighted by atomic mass is 32.1. The van der Waals surface area contributed by atoms with Crippen molar-refractivity contribution < 1.29 is 4.74 Å². The van der Waals surface area contributed by atoms with Crippen molar-refractivity contribution in [2.45, 2.75) is 32.9 Å². The normalized spacial score (nSPS) is 19.1. The second kappa shape index (κ2) is 4.48. The van der Waals surface area contributed by atoms with E-state index >= 15 is 0 Å². The molecule has 0 fully saturated rings. The van der Waals surface area contributed by atoms with E-state index in [9.17, 15) is 4.79 Å². The van der Waals surface area contributed by atoms with E-state index in [1.165, 1.54) is 15.0 Å². The molecule has 0 radical (unpaired) electrons. The summed E-state index contributed by atoms with van der Waals surface area (Å²) in [7, 11) is 1.58. The van der Waals surface area contributed by atoms with Crippen LogP contribution < -0.4 is 5.56 Å². The molecular weight excluding hydrogens is 248 g/mol. The summed E-state index contributed by atoms with van der Waals surface area (Å²) in [5, 5.41) is 0.821. The fourth-order valence-electron chi connectivity index (χ4n) is 2.60. The third-order valence-electron chi connectivity index (χ3n) is 3.55. The maximum atomic E-state index is 12.4. The van der Waals surface area contributed by atoms with Crippen LogP contribution in [0.5, 0.6) is 0 Å². The summed E-state index contributed by atoms with van der Waals surface area (Å²) < 4.78 is 6.56. The Morgan fingerprint density at radius 2 is 2.44 bits per heavy atom. The van der Waals surface area contributed by atoms with Gasteiger partial charge in [0.05, 0.1) is 5.39 Å². The van der Waals surface area contributed by atoms with Crippen LogP contribution in [0.25, 0.3) is 10.2 Å². The van der Waals surface area contributed by atoms with Gasteiger partial charge in [-0.15, -0.1) is 11.3 Å². The van der Waals surface area contributed by atoms with E-state index in [0.717, 1.165) is 29.5 Å². The van der Waals surface area contributed by atoms with Crippen molar-refractivity contribution in [3.8, 4) is 0 Å². The molecule has 96 valence electrons. The molecule has 2 heterocycles. The SMILES string of the molecule is COCn1cnc2sc3c(c2c1=O)CC[C@@H](C)C3. The molecule has 0 amide bonds. The molecule has 0 aromatic carbocycles. The topological polar surface area (TPSA) is 44.1 Å². The number of fused-ring (bicyclic) bond motifs is 3. The van der Waals surface area contributed by atoms with Gasteiger partial charge >= 0.3 is 0 Å². The first-order valence-corrected chi connectivity index (χ1v) is 7.01. The largest absolute Gasteiger partial charge is 0.364 e. The summed E-state index contributed by atoms with van der Waals surface area (Å²) in [5.41, 5.74) is 1.27. The van der Waals surface area contributed by atoms with Gasteiger partial charge in [-0.2, -0.15) is 0 Å². The Morgan fingerprint density at radius 3 is 3.22 bits per heavy atom. The lowest BCUT2D eigenvalue weighted by Gasteiger charge is -2.17. The first-order valence-electron chi connectivity index (χ1n) is 6.19. The molecule has 0 aliphatic heterocycles. The highest BCUT2D eigenvalue weighted by Gasteiger charge is 2.22. The Kier molecular flexibility index (Phi) is 2.95. The molecule has 1 aliphatic rings. The van der Waals surface area contributed by atoms with E-state index < -0.39 is 0 Å². The zero-order chi connectivity index (χ0) is 12.7. The quantitative estimate of drug-likeness (QED) is 0.835. The lowest BCUT2D eigenvalue weighted by Crippen LogP contribution is -2.22. The molecule has 1 aliphatic carbocycles. The van der Waals surface area contributed by atoms with Crippen molar-refractivity contribution in [3.05, 3.63) is 27.1 Å². The predicted octanol–water partition coefficient (Wildman–Crippen LogP) is 2.19. The maximum Gasteiger partial charge on any atom is 0.264 e. The van der Waals surface area contributed by atoms with Gasteiger partial charge in [0.2, 0.25) is 0 Å². The molecule has 0 bridgehead atoms. The lowest BCUT2D eigenvalue weighted by molar-refractivity contribution is 0.128. The monoisotopic (exact) mass is 264 g/mol. The Hall–Kier alpha value is -1.20. The number of nitrogens with zero attached hydrogens (tertiary/aromatic N) is 2. The van der Waals surface area contributed by atoms with Gasteiger partial charge in [-0.05, 0) is 30.7 Å². The predicted molar refractivity (Wildman–Crippen MR) is 72.1 cm³/mol.